The van der Waals surface area contributed by atoms with E-state index in [-0.39, 0.29) is 0 Å². The Morgan fingerprint density at radius 2 is 1.76 bits per heavy atom. The molecule has 0 amide bonds. The smallest absolute Gasteiger partial charge is 0.175 e. The summed E-state index contributed by atoms with van der Waals surface area (Å²) in [5, 5.41) is 7.44. The molecule has 2 rings (SSSR count). The highest BCUT2D eigenvalue weighted by Crippen LogP contribution is 2.21. The van der Waals surface area contributed by atoms with E-state index in [4.69, 9.17) is 23.8 Å². The predicted octanol–water partition coefficient (Wildman–Crippen LogP) is 5.49. The minimum atomic E-state index is 0.532. The largest absolute Gasteiger partial charge is 0.332 e. The van der Waals surface area contributed by atoms with E-state index in [1.165, 1.54) is 18.4 Å². The van der Waals surface area contributed by atoms with Crippen LogP contribution in [0.2, 0.25) is 5.02 Å². The first-order chi connectivity index (χ1) is 10.2. The van der Waals surface area contributed by atoms with E-state index >= 15 is 0 Å². The van der Waals surface area contributed by atoms with Crippen LogP contribution in [-0.2, 0) is 6.42 Å². The summed E-state index contributed by atoms with van der Waals surface area (Å²) >= 11 is 11.4. The van der Waals surface area contributed by atoms with Crippen molar-refractivity contribution in [3.63, 3.8) is 0 Å². The van der Waals surface area contributed by atoms with Crippen molar-refractivity contribution in [1.82, 2.24) is 0 Å². The van der Waals surface area contributed by atoms with Gasteiger partial charge in [-0.3, -0.25) is 0 Å². The Kier molecular flexibility index (Phi) is 6.03. The number of anilines is 2. The van der Waals surface area contributed by atoms with Crippen LogP contribution in [0.15, 0.2) is 48.5 Å². The van der Waals surface area contributed by atoms with Crippen LogP contribution >= 0.6 is 23.8 Å². The van der Waals surface area contributed by atoms with E-state index < -0.39 is 0 Å². The molecule has 0 radical (unpaired) electrons. The van der Waals surface area contributed by atoms with Gasteiger partial charge in [-0.1, -0.05) is 49.2 Å². The van der Waals surface area contributed by atoms with Crippen molar-refractivity contribution in [3.8, 4) is 0 Å². The number of benzene rings is 2. The van der Waals surface area contributed by atoms with Gasteiger partial charge in [0.2, 0.25) is 0 Å². The molecule has 0 aliphatic rings. The fourth-order valence-electron chi connectivity index (χ4n) is 1.98. The Balaban J connectivity index is 1.92. The lowest BCUT2D eigenvalue weighted by Crippen LogP contribution is -2.19. The number of nitrogens with one attached hydrogen (secondary N) is 2. The lowest BCUT2D eigenvalue weighted by atomic mass is 10.1. The Morgan fingerprint density at radius 3 is 2.43 bits per heavy atom. The summed E-state index contributed by atoms with van der Waals surface area (Å²) in [7, 11) is 0. The van der Waals surface area contributed by atoms with Crippen molar-refractivity contribution in [1.29, 1.82) is 0 Å². The summed E-state index contributed by atoms with van der Waals surface area (Å²) in [5.74, 6) is 0. The Hall–Kier alpha value is -1.58. The van der Waals surface area contributed by atoms with Crippen molar-refractivity contribution < 1.29 is 0 Å². The van der Waals surface area contributed by atoms with Crippen molar-refractivity contribution in [3.05, 3.63) is 59.1 Å². The normalized spacial score (nSPS) is 10.2. The zero-order chi connectivity index (χ0) is 15.1. The summed E-state index contributed by atoms with van der Waals surface area (Å²) in [5.41, 5.74) is 3.13. The molecule has 2 nitrogen and oxygen atoms in total. The van der Waals surface area contributed by atoms with Crippen LogP contribution in [-0.4, -0.2) is 5.11 Å². The zero-order valence-electron chi connectivity index (χ0n) is 12.0. The molecular weight excluding hydrogens is 300 g/mol. The van der Waals surface area contributed by atoms with Crippen LogP contribution in [0.1, 0.15) is 25.3 Å². The predicted molar refractivity (Wildman–Crippen MR) is 96.3 cm³/mol. The van der Waals surface area contributed by atoms with Gasteiger partial charge in [-0.2, -0.15) is 0 Å². The highest BCUT2D eigenvalue weighted by Gasteiger charge is 2.02. The van der Waals surface area contributed by atoms with E-state index in [0.29, 0.717) is 10.1 Å². The molecule has 110 valence electrons. The van der Waals surface area contributed by atoms with Gasteiger partial charge in [-0.15, -0.1) is 0 Å². The average molecular weight is 319 g/mol. The number of thiocarbonyl (C=S) groups is 1. The highest BCUT2D eigenvalue weighted by atomic mass is 35.5. The molecule has 0 saturated carbocycles. The van der Waals surface area contributed by atoms with Crippen molar-refractivity contribution in [2.24, 2.45) is 0 Å². The fourth-order valence-corrected chi connectivity index (χ4v) is 2.39. The third kappa shape index (κ3) is 5.03. The highest BCUT2D eigenvalue weighted by molar-refractivity contribution is 7.80. The Bertz CT molecular complexity index is 596. The van der Waals surface area contributed by atoms with Crippen LogP contribution in [0.25, 0.3) is 0 Å². The third-order valence-corrected chi connectivity index (χ3v) is 3.69. The molecule has 0 heterocycles. The molecule has 4 heteroatoms. The third-order valence-electron chi connectivity index (χ3n) is 3.15. The quantitative estimate of drug-likeness (QED) is 0.713. The molecule has 0 saturated heterocycles. The molecule has 0 unspecified atom stereocenters. The monoisotopic (exact) mass is 318 g/mol. The fraction of sp³-hybridized carbons (Fsp3) is 0.235. The minimum Gasteiger partial charge on any atom is -0.332 e. The zero-order valence-corrected chi connectivity index (χ0v) is 13.6. The second-order valence-corrected chi connectivity index (χ2v) is 5.67. The first-order valence-corrected chi connectivity index (χ1v) is 7.89. The molecule has 2 aromatic carbocycles. The molecule has 2 N–H and O–H groups in total. The second-order valence-electron chi connectivity index (χ2n) is 4.86. The molecule has 0 bridgehead atoms. The van der Waals surface area contributed by atoms with Crippen LogP contribution in [0, 0.1) is 0 Å². The number of para-hydroxylation sites is 1. The minimum absolute atomic E-state index is 0.532. The average Bonchev–Trinajstić information content (AvgIpc) is 2.49. The second kappa shape index (κ2) is 8.01. The SMILES string of the molecule is CCCCc1ccc(NC(=S)Nc2ccccc2Cl)cc1. The molecule has 2 aromatic rings. The van der Waals surface area contributed by atoms with Gasteiger partial charge in [-0.25, -0.2) is 0 Å². The van der Waals surface area contributed by atoms with Crippen LogP contribution in [0.4, 0.5) is 11.4 Å². The topological polar surface area (TPSA) is 24.1 Å². The van der Waals surface area contributed by atoms with Gasteiger partial charge in [0.25, 0.3) is 0 Å². The van der Waals surface area contributed by atoms with Gasteiger partial charge in [0.05, 0.1) is 10.7 Å². The van der Waals surface area contributed by atoms with E-state index in [1.807, 2.05) is 36.4 Å². The van der Waals surface area contributed by atoms with Crippen molar-refractivity contribution in [2.45, 2.75) is 26.2 Å². The van der Waals surface area contributed by atoms with Crippen LogP contribution in [0.5, 0.6) is 0 Å². The number of halogens is 1. The lowest BCUT2D eigenvalue weighted by molar-refractivity contribution is 0.795. The van der Waals surface area contributed by atoms with Gasteiger partial charge < -0.3 is 10.6 Å². The summed E-state index contributed by atoms with van der Waals surface area (Å²) in [6.45, 7) is 2.20. The molecule has 21 heavy (non-hydrogen) atoms. The van der Waals surface area contributed by atoms with Gasteiger partial charge >= 0.3 is 0 Å². The number of hydrogen-bond donors (Lipinski definition) is 2. The van der Waals surface area contributed by atoms with E-state index in [1.54, 1.807) is 0 Å². The first-order valence-electron chi connectivity index (χ1n) is 7.10. The van der Waals surface area contributed by atoms with Gasteiger partial charge in [0.1, 0.15) is 0 Å². The van der Waals surface area contributed by atoms with Crippen LogP contribution < -0.4 is 10.6 Å². The summed E-state index contributed by atoms with van der Waals surface area (Å²) < 4.78 is 0. The molecule has 0 atom stereocenters. The van der Waals surface area contributed by atoms with Crippen LogP contribution in [0.3, 0.4) is 0 Å². The molecule has 0 fully saturated rings. The van der Waals surface area contributed by atoms with Gasteiger partial charge in [-0.05, 0) is 54.9 Å². The summed E-state index contributed by atoms with van der Waals surface area (Å²) in [4.78, 5) is 0. The number of aryl methyl sites for hydroxylation is 1. The molecule has 0 aliphatic carbocycles. The Labute approximate surface area is 136 Å². The summed E-state index contributed by atoms with van der Waals surface area (Å²) in [6.07, 6.45) is 3.56. The first kappa shape index (κ1) is 15.8. The maximum atomic E-state index is 6.09. The number of rotatable bonds is 5. The Morgan fingerprint density at radius 1 is 1.05 bits per heavy atom. The molecule has 0 aliphatic heterocycles. The van der Waals surface area contributed by atoms with Gasteiger partial charge in [0, 0.05) is 5.69 Å². The van der Waals surface area contributed by atoms with Crippen molar-refractivity contribution in [2.75, 3.05) is 10.6 Å². The standard InChI is InChI=1S/C17H19ClN2S/c1-2-3-6-13-9-11-14(12-10-13)19-17(21)20-16-8-5-4-7-15(16)18/h4-5,7-12H,2-3,6H2,1H3,(H2,19,20,21). The van der Waals surface area contributed by atoms with E-state index in [0.717, 1.165) is 17.8 Å². The van der Waals surface area contributed by atoms with Crippen molar-refractivity contribution >= 4 is 40.3 Å². The van der Waals surface area contributed by atoms with E-state index in [9.17, 15) is 0 Å². The summed E-state index contributed by atoms with van der Waals surface area (Å²) in [6, 6.07) is 15.9. The molecule has 0 aromatic heterocycles. The van der Waals surface area contributed by atoms with E-state index in [2.05, 4.69) is 29.7 Å². The number of hydrogen-bond acceptors (Lipinski definition) is 1. The molecule has 0 spiro atoms. The van der Waals surface area contributed by atoms with Gasteiger partial charge in [0.15, 0.2) is 5.11 Å². The maximum absolute atomic E-state index is 6.09. The number of unbranched alkanes of at least 4 members (excludes halogenated alkanes) is 1. The molecular formula is C17H19ClN2S. The lowest BCUT2D eigenvalue weighted by Gasteiger charge is -2.12. The maximum Gasteiger partial charge on any atom is 0.175 e.